The van der Waals surface area contributed by atoms with Crippen LogP contribution in [0.4, 0.5) is 4.39 Å². The Morgan fingerprint density at radius 3 is 2.78 bits per heavy atom. The number of hydrogen-bond donors (Lipinski definition) is 2. The van der Waals surface area contributed by atoms with Gasteiger partial charge in [0.05, 0.1) is 11.5 Å². The van der Waals surface area contributed by atoms with Crippen LogP contribution in [-0.2, 0) is 9.84 Å². The van der Waals surface area contributed by atoms with Gasteiger partial charge < -0.3 is 10.4 Å². The molecule has 1 aromatic rings. The van der Waals surface area contributed by atoms with Crippen LogP contribution >= 0.6 is 0 Å². The maximum atomic E-state index is 13.6. The third-order valence-corrected chi connectivity index (χ3v) is 4.94. The molecule has 18 heavy (non-hydrogen) atoms. The zero-order valence-corrected chi connectivity index (χ0v) is 10.9. The molecule has 0 bridgehead atoms. The molecular formula is C12H16FNO3S. The predicted molar refractivity (Wildman–Crippen MR) is 66.7 cm³/mol. The molecular weight excluding hydrogens is 257 g/mol. The minimum Gasteiger partial charge on any atom is -0.508 e. The number of hydrogen-bond acceptors (Lipinski definition) is 4. The van der Waals surface area contributed by atoms with E-state index in [4.69, 9.17) is 5.11 Å². The van der Waals surface area contributed by atoms with E-state index in [-0.39, 0.29) is 29.3 Å². The van der Waals surface area contributed by atoms with Crippen LogP contribution in [0.15, 0.2) is 18.2 Å². The standard InChI is InChI=1S/C12H16FNO3S/c1-8(11-3-2-10(15)6-12(11)13)14-9-4-5-18(16,17)7-9/h2-3,6,8-9,14-15H,4-5,7H2,1H3. The van der Waals surface area contributed by atoms with E-state index in [2.05, 4.69) is 5.32 Å². The van der Waals surface area contributed by atoms with Crippen LogP contribution < -0.4 is 5.32 Å². The largest absolute Gasteiger partial charge is 0.508 e. The average molecular weight is 273 g/mol. The Bertz CT molecular complexity index is 544. The first-order chi connectivity index (χ1) is 8.37. The molecule has 2 unspecified atom stereocenters. The van der Waals surface area contributed by atoms with Crippen LogP contribution in [0.3, 0.4) is 0 Å². The fraction of sp³-hybridized carbons (Fsp3) is 0.500. The number of nitrogens with one attached hydrogen (secondary N) is 1. The van der Waals surface area contributed by atoms with Crippen molar-refractivity contribution < 1.29 is 17.9 Å². The van der Waals surface area contributed by atoms with Gasteiger partial charge in [-0.05, 0) is 19.4 Å². The highest BCUT2D eigenvalue weighted by Gasteiger charge is 2.29. The zero-order valence-electron chi connectivity index (χ0n) is 10.1. The fourth-order valence-electron chi connectivity index (χ4n) is 2.24. The first-order valence-electron chi connectivity index (χ1n) is 5.82. The van der Waals surface area contributed by atoms with Crippen LogP contribution in [0.1, 0.15) is 24.9 Å². The molecule has 0 radical (unpaired) electrons. The number of sulfone groups is 1. The number of rotatable bonds is 3. The third-order valence-electron chi connectivity index (χ3n) is 3.17. The van der Waals surface area contributed by atoms with E-state index in [9.17, 15) is 12.8 Å². The van der Waals surface area contributed by atoms with Gasteiger partial charge in [-0.25, -0.2) is 12.8 Å². The molecule has 1 aromatic carbocycles. The summed E-state index contributed by atoms with van der Waals surface area (Å²) >= 11 is 0. The van der Waals surface area contributed by atoms with Crippen LogP contribution in [-0.4, -0.2) is 31.1 Å². The van der Waals surface area contributed by atoms with Crippen molar-refractivity contribution in [2.45, 2.75) is 25.4 Å². The van der Waals surface area contributed by atoms with E-state index in [1.807, 2.05) is 0 Å². The molecule has 1 fully saturated rings. The summed E-state index contributed by atoms with van der Waals surface area (Å²) in [5.74, 6) is -0.310. The normalized spacial score (nSPS) is 24.0. The van der Waals surface area contributed by atoms with Crippen molar-refractivity contribution in [3.05, 3.63) is 29.6 Å². The lowest BCUT2D eigenvalue weighted by Crippen LogP contribution is -2.32. The van der Waals surface area contributed by atoms with Crippen molar-refractivity contribution in [1.29, 1.82) is 0 Å². The Kier molecular flexibility index (Phi) is 3.59. The van der Waals surface area contributed by atoms with E-state index < -0.39 is 15.7 Å². The molecule has 4 nitrogen and oxygen atoms in total. The molecule has 2 rings (SSSR count). The SMILES string of the molecule is CC(NC1CCS(=O)(=O)C1)c1ccc(O)cc1F. The molecule has 0 aliphatic carbocycles. The van der Waals surface area contributed by atoms with Crippen molar-refractivity contribution in [3.63, 3.8) is 0 Å². The van der Waals surface area contributed by atoms with Crippen LogP contribution in [0.2, 0.25) is 0 Å². The lowest BCUT2D eigenvalue weighted by molar-refractivity contribution is 0.452. The van der Waals surface area contributed by atoms with Gasteiger partial charge in [-0.2, -0.15) is 0 Å². The zero-order chi connectivity index (χ0) is 13.3. The van der Waals surface area contributed by atoms with Crippen molar-refractivity contribution >= 4 is 9.84 Å². The van der Waals surface area contributed by atoms with Gasteiger partial charge in [-0.3, -0.25) is 0 Å². The number of aromatic hydroxyl groups is 1. The number of benzene rings is 1. The summed E-state index contributed by atoms with van der Waals surface area (Å²) in [6, 6.07) is 3.56. The maximum absolute atomic E-state index is 13.6. The van der Waals surface area contributed by atoms with Crippen molar-refractivity contribution in [2.75, 3.05) is 11.5 Å². The van der Waals surface area contributed by atoms with E-state index in [0.717, 1.165) is 6.07 Å². The molecule has 1 saturated heterocycles. The van der Waals surface area contributed by atoms with Gasteiger partial charge >= 0.3 is 0 Å². The van der Waals surface area contributed by atoms with Crippen molar-refractivity contribution in [1.82, 2.24) is 5.32 Å². The summed E-state index contributed by atoms with van der Waals surface area (Å²) in [7, 11) is -2.94. The second kappa shape index (κ2) is 4.85. The van der Waals surface area contributed by atoms with Crippen molar-refractivity contribution in [2.24, 2.45) is 0 Å². The smallest absolute Gasteiger partial charge is 0.151 e. The Morgan fingerprint density at radius 2 is 2.22 bits per heavy atom. The lowest BCUT2D eigenvalue weighted by Gasteiger charge is -2.19. The second-order valence-corrected chi connectivity index (χ2v) is 6.92. The summed E-state index contributed by atoms with van der Waals surface area (Å²) in [5.41, 5.74) is 0.428. The molecule has 0 spiro atoms. The van der Waals surface area contributed by atoms with Gasteiger partial charge in [-0.15, -0.1) is 0 Å². The predicted octanol–water partition coefficient (Wildman–Crippen LogP) is 1.37. The summed E-state index contributed by atoms with van der Waals surface area (Å²) in [6.45, 7) is 1.78. The molecule has 0 saturated carbocycles. The quantitative estimate of drug-likeness (QED) is 0.873. The minimum absolute atomic E-state index is 0.108. The van der Waals surface area contributed by atoms with Gasteiger partial charge in [0, 0.05) is 23.7 Å². The van der Waals surface area contributed by atoms with E-state index in [0.29, 0.717) is 12.0 Å². The Morgan fingerprint density at radius 1 is 1.50 bits per heavy atom. The van der Waals surface area contributed by atoms with Gasteiger partial charge in [0.25, 0.3) is 0 Å². The van der Waals surface area contributed by atoms with Gasteiger partial charge in [0.15, 0.2) is 9.84 Å². The highest BCUT2D eigenvalue weighted by molar-refractivity contribution is 7.91. The Hall–Kier alpha value is -1.14. The molecule has 6 heteroatoms. The van der Waals surface area contributed by atoms with Crippen LogP contribution in [0, 0.1) is 5.82 Å². The molecule has 0 aromatic heterocycles. The van der Waals surface area contributed by atoms with Crippen molar-refractivity contribution in [3.8, 4) is 5.75 Å². The molecule has 1 heterocycles. The average Bonchev–Trinajstić information content (AvgIpc) is 2.57. The first-order valence-corrected chi connectivity index (χ1v) is 7.64. The van der Waals surface area contributed by atoms with Crippen LogP contribution in [0.5, 0.6) is 5.75 Å². The lowest BCUT2D eigenvalue weighted by atomic mass is 10.1. The van der Waals surface area contributed by atoms with E-state index >= 15 is 0 Å². The summed E-state index contributed by atoms with van der Waals surface area (Å²) in [6.07, 6.45) is 0.562. The fourth-order valence-corrected chi connectivity index (χ4v) is 3.92. The first kappa shape index (κ1) is 13.3. The third kappa shape index (κ3) is 3.00. The van der Waals surface area contributed by atoms with E-state index in [1.54, 1.807) is 6.92 Å². The summed E-state index contributed by atoms with van der Waals surface area (Å²) < 4.78 is 36.3. The van der Waals surface area contributed by atoms with E-state index in [1.165, 1.54) is 12.1 Å². The molecule has 2 N–H and O–H groups in total. The number of halogens is 1. The molecule has 2 atom stereocenters. The van der Waals surface area contributed by atoms with Gasteiger partial charge in [0.1, 0.15) is 11.6 Å². The Labute approximate surface area is 106 Å². The van der Waals surface area contributed by atoms with Gasteiger partial charge in [-0.1, -0.05) is 6.07 Å². The summed E-state index contributed by atoms with van der Waals surface area (Å²) in [4.78, 5) is 0. The Balaban J connectivity index is 2.06. The summed E-state index contributed by atoms with van der Waals surface area (Å²) in [5, 5.41) is 12.2. The second-order valence-electron chi connectivity index (χ2n) is 4.69. The topological polar surface area (TPSA) is 66.4 Å². The molecule has 1 aliphatic heterocycles. The molecule has 100 valence electrons. The number of phenols is 1. The van der Waals surface area contributed by atoms with Crippen LogP contribution in [0.25, 0.3) is 0 Å². The minimum atomic E-state index is -2.94. The monoisotopic (exact) mass is 273 g/mol. The number of phenolic OH excluding ortho intramolecular Hbond substituents is 1. The molecule has 1 aliphatic rings. The highest BCUT2D eigenvalue weighted by Crippen LogP contribution is 2.23. The maximum Gasteiger partial charge on any atom is 0.151 e. The highest BCUT2D eigenvalue weighted by atomic mass is 32.2. The van der Waals surface area contributed by atoms with Gasteiger partial charge in [0.2, 0.25) is 0 Å². The molecule has 0 amide bonds.